The van der Waals surface area contributed by atoms with E-state index in [1.807, 2.05) is 0 Å². The average molecular weight is 209 g/mol. The molecule has 0 spiro atoms. The molecule has 0 saturated carbocycles. The van der Waals surface area contributed by atoms with Crippen LogP contribution in [-0.4, -0.2) is 29.6 Å². The molecule has 2 aromatic heterocycles. The van der Waals surface area contributed by atoms with Crippen LogP contribution in [0.4, 0.5) is 5.69 Å². The molecule has 0 aliphatic heterocycles. The third kappa shape index (κ3) is 1.39. The Kier molecular flexibility index (Phi) is 1.85. The molecule has 78 valence electrons. The Morgan fingerprint density at radius 1 is 1.53 bits per heavy atom. The molecule has 2 aromatic rings. The zero-order valence-corrected chi connectivity index (χ0v) is 7.73. The molecule has 0 fully saturated rings. The van der Waals surface area contributed by atoms with Crippen molar-refractivity contribution in [1.29, 1.82) is 0 Å². The van der Waals surface area contributed by atoms with Gasteiger partial charge in [0.15, 0.2) is 5.82 Å². The van der Waals surface area contributed by atoms with Crippen LogP contribution in [0.15, 0.2) is 12.4 Å². The number of hydrogen-bond donors (Lipinski definition) is 1. The predicted octanol–water partition coefficient (Wildman–Crippen LogP) is -0.606. The molecule has 2 heterocycles. The van der Waals surface area contributed by atoms with Crippen molar-refractivity contribution in [2.24, 2.45) is 0 Å². The van der Waals surface area contributed by atoms with E-state index in [9.17, 15) is 10.1 Å². The lowest BCUT2D eigenvalue weighted by Gasteiger charge is -1.98. The first kappa shape index (κ1) is 9.12. The number of nitrogen functional groups attached to an aromatic ring is 1. The van der Waals surface area contributed by atoms with Crippen LogP contribution in [0.3, 0.4) is 0 Å². The first-order chi connectivity index (χ1) is 7.09. The molecule has 0 saturated heterocycles. The van der Waals surface area contributed by atoms with E-state index in [2.05, 4.69) is 15.3 Å². The number of nitro groups is 1. The minimum atomic E-state index is -0.548. The summed E-state index contributed by atoms with van der Waals surface area (Å²) in [4.78, 5) is 9.87. The van der Waals surface area contributed by atoms with Crippen molar-refractivity contribution in [3.05, 3.63) is 28.3 Å². The molecule has 2 N–H and O–H groups in total. The number of nitrogens with zero attached hydrogens (tertiary/aromatic N) is 6. The summed E-state index contributed by atoms with van der Waals surface area (Å²) in [6, 6.07) is 0. The highest BCUT2D eigenvalue weighted by atomic mass is 16.6. The summed E-state index contributed by atoms with van der Waals surface area (Å²) in [5.41, 5.74) is -0.129. The van der Waals surface area contributed by atoms with Crippen molar-refractivity contribution in [2.75, 3.05) is 5.84 Å². The minimum Gasteiger partial charge on any atom is -0.335 e. The Morgan fingerprint density at radius 3 is 2.73 bits per heavy atom. The monoisotopic (exact) mass is 209 g/mol. The van der Waals surface area contributed by atoms with E-state index in [0.717, 1.165) is 6.20 Å². The number of hydrogen-bond acceptors (Lipinski definition) is 6. The third-order valence-electron chi connectivity index (χ3n) is 1.83. The maximum absolute atomic E-state index is 10.4. The summed E-state index contributed by atoms with van der Waals surface area (Å²) >= 11 is 0. The molecule has 2 rings (SSSR count). The molecule has 0 amide bonds. The minimum absolute atomic E-state index is 0.129. The van der Waals surface area contributed by atoms with E-state index in [1.165, 1.54) is 15.6 Å². The van der Waals surface area contributed by atoms with Crippen molar-refractivity contribution in [3.8, 4) is 5.95 Å². The fourth-order valence-electron chi connectivity index (χ4n) is 1.03. The van der Waals surface area contributed by atoms with Crippen LogP contribution in [0.1, 0.15) is 5.82 Å². The highest BCUT2D eigenvalue weighted by Crippen LogP contribution is 2.11. The van der Waals surface area contributed by atoms with Crippen molar-refractivity contribution in [1.82, 2.24) is 24.7 Å². The first-order valence-corrected chi connectivity index (χ1v) is 3.96. The van der Waals surface area contributed by atoms with E-state index >= 15 is 0 Å². The van der Waals surface area contributed by atoms with Crippen LogP contribution in [0.5, 0.6) is 0 Å². The van der Waals surface area contributed by atoms with Crippen LogP contribution in [0.25, 0.3) is 5.95 Å². The van der Waals surface area contributed by atoms with Gasteiger partial charge in [0.1, 0.15) is 12.4 Å². The fraction of sp³-hybridized carbons (Fsp3) is 0.167. The van der Waals surface area contributed by atoms with Gasteiger partial charge in [-0.05, 0) is 6.92 Å². The summed E-state index contributed by atoms with van der Waals surface area (Å²) < 4.78 is 2.38. The Morgan fingerprint density at radius 2 is 2.27 bits per heavy atom. The van der Waals surface area contributed by atoms with Crippen LogP contribution >= 0.6 is 0 Å². The molecule has 0 unspecified atom stereocenters. The smallest absolute Gasteiger partial charge is 0.307 e. The van der Waals surface area contributed by atoms with Crippen molar-refractivity contribution < 1.29 is 4.92 Å². The van der Waals surface area contributed by atoms with Crippen molar-refractivity contribution in [3.63, 3.8) is 0 Å². The Balaban J connectivity index is 2.46. The molecule has 0 atom stereocenters. The van der Waals surface area contributed by atoms with Crippen LogP contribution in [-0.2, 0) is 0 Å². The van der Waals surface area contributed by atoms with Gasteiger partial charge in [-0.25, -0.2) is 4.68 Å². The van der Waals surface area contributed by atoms with Gasteiger partial charge in [0.2, 0.25) is 0 Å². The fourth-order valence-corrected chi connectivity index (χ4v) is 1.03. The number of rotatable bonds is 2. The van der Waals surface area contributed by atoms with Gasteiger partial charge in [0.05, 0.1) is 4.92 Å². The Hall–Kier alpha value is -2.45. The summed E-state index contributed by atoms with van der Waals surface area (Å²) in [5.74, 6) is 6.29. The molecule has 9 heteroatoms. The predicted molar refractivity (Wildman–Crippen MR) is 48.7 cm³/mol. The zero-order valence-electron chi connectivity index (χ0n) is 7.73. The van der Waals surface area contributed by atoms with Crippen LogP contribution in [0.2, 0.25) is 0 Å². The van der Waals surface area contributed by atoms with Gasteiger partial charge in [0, 0.05) is 0 Å². The lowest BCUT2D eigenvalue weighted by Crippen LogP contribution is -2.16. The largest absolute Gasteiger partial charge is 0.335 e. The first-order valence-electron chi connectivity index (χ1n) is 3.96. The second-order valence-electron chi connectivity index (χ2n) is 2.82. The highest BCUT2D eigenvalue weighted by Gasteiger charge is 2.14. The Bertz CT molecular complexity index is 513. The molecule has 15 heavy (non-hydrogen) atoms. The van der Waals surface area contributed by atoms with Gasteiger partial charge in [0.25, 0.3) is 5.95 Å². The number of nitrogens with two attached hydrogens (primary N) is 1. The normalized spacial score (nSPS) is 10.5. The number of aromatic nitrogens is 5. The zero-order chi connectivity index (χ0) is 11.0. The molecule has 9 nitrogen and oxygen atoms in total. The van der Waals surface area contributed by atoms with E-state index in [0.29, 0.717) is 5.82 Å². The van der Waals surface area contributed by atoms with Gasteiger partial charge in [-0.15, -0.1) is 10.2 Å². The van der Waals surface area contributed by atoms with E-state index in [-0.39, 0.29) is 11.6 Å². The maximum atomic E-state index is 10.4. The second kappa shape index (κ2) is 3.04. The van der Waals surface area contributed by atoms with Crippen molar-refractivity contribution >= 4 is 5.69 Å². The summed E-state index contributed by atoms with van der Waals surface area (Å²) in [6.45, 7) is 1.66. The maximum Gasteiger partial charge on any atom is 0.307 e. The summed E-state index contributed by atoms with van der Waals surface area (Å²) in [5, 5.41) is 21.6. The standard InChI is InChI=1S/C6H7N7O2/c1-4-9-10-6(12(4)7)11-3-5(2-8-11)13(14)15/h2-3H,7H2,1H3. The van der Waals surface area contributed by atoms with Gasteiger partial charge in [-0.2, -0.15) is 9.78 Å². The molecule has 0 aliphatic carbocycles. The van der Waals surface area contributed by atoms with Crippen LogP contribution < -0.4 is 5.84 Å². The highest BCUT2D eigenvalue weighted by molar-refractivity contribution is 5.25. The van der Waals surface area contributed by atoms with Gasteiger partial charge >= 0.3 is 5.69 Å². The second-order valence-corrected chi connectivity index (χ2v) is 2.82. The molecule has 0 radical (unpaired) electrons. The quantitative estimate of drug-likeness (QED) is 0.400. The summed E-state index contributed by atoms with van der Waals surface area (Å²) in [6.07, 6.45) is 2.33. The summed E-state index contributed by atoms with van der Waals surface area (Å²) in [7, 11) is 0. The SMILES string of the molecule is Cc1nnc(-n2cc([N+](=O)[O-])cn2)n1N. The van der Waals surface area contributed by atoms with Gasteiger partial charge < -0.3 is 5.84 Å². The average Bonchev–Trinajstić information content (AvgIpc) is 2.76. The van der Waals surface area contributed by atoms with Crippen molar-refractivity contribution in [2.45, 2.75) is 6.92 Å². The topological polar surface area (TPSA) is 118 Å². The van der Waals surface area contributed by atoms with Gasteiger partial charge in [-0.1, -0.05) is 0 Å². The Labute approximate surface area is 83.3 Å². The van der Waals surface area contributed by atoms with E-state index in [1.54, 1.807) is 6.92 Å². The number of aryl methyl sites for hydroxylation is 1. The van der Waals surface area contributed by atoms with Gasteiger partial charge in [-0.3, -0.25) is 10.1 Å². The third-order valence-corrected chi connectivity index (χ3v) is 1.83. The lowest BCUT2D eigenvalue weighted by molar-refractivity contribution is -0.384. The molecule has 0 aliphatic rings. The molecular formula is C6H7N7O2. The molecule has 0 bridgehead atoms. The molecular weight excluding hydrogens is 202 g/mol. The van der Waals surface area contributed by atoms with Crippen LogP contribution in [0, 0.1) is 17.0 Å². The lowest BCUT2D eigenvalue weighted by atomic mass is 10.6. The van der Waals surface area contributed by atoms with E-state index < -0.39 is 4.92 Å². The van der Waals surface area contributed by atoms with E-state index in [4.69, 9.17) is 5.84 Å². The molecule has 0 aromatic carbocycles.